The van der Waals surface area contributed by atoms with E-state index >= 15 is 0 Å². The van der Waals surface area contributed by atoms with E-state index in [0.29, 0.717) is 31.1 Å². The summed E-state index contributed by atoms with van der Waals surface area (Å²) in [5, 5.41) is 3.04. The number of nitrogens with one attached hydrogen (secondary N) is 1. The first-order chi connectivity index (χ1) is 18.4. The summed E-state index contributed by atoms with van der Waals surface area (Å²) in [6.07, 6.45) is 8.29. The van der Waals surface area contributed by atoms with E-state index < -0.39 is 12.1 Å². The molecule has 1 N–H and O–H groups in total. The molecule has 0 spiro atoms. The predicted octanol–water partition coefficient (Wildman–Crippen LogP) is 2.99. The van der Waals surface area contributed by atoms with E-state index in [1.807, 2.05) is 40.8 Å². The van der Waals surface area contributed by atoms with E-state index in [1.54, 1.807) is 23.8 Å². The Morgan fingerprint density at radius 2 is 1.62 bits per heavy atom. The first kappa shape index (κ1) is 31.1. The molecule has 2 heterocycles. The molecular formula is C30H50N4O5. The number of rotatable bonds is 11. The highest BCUT2D eigenvalue weighted by Crippen LogP contribution is 2.30. The van der Waals surface area contributed by atoms with Gasteiger partial charge in [0.2, 0.25) is 17.7 Å². The van der Waals surface area contributed by atoms with Crippen molar-refractivity contribution in [2.24, 2.45) is 17.8 Å². The van der Waals surface area contributed by atoms with Crippen molar-refractivity contribution in [3.8, 4) is 0 Å². The van der Waals surface area contributed by atoms with Crippen LogP contribution in [0.2, 0.25) is 0 Å². The number of hydrogen-bond donors (Lipinski definition) is 1. The number of esters is 1. The largest absolute Gasteiger partial charge is 0.464 e. The Morgan fingerprint density at radius 3 is 2.21 bits per heavy atom. The molecule has 3 aliphatic rings. The van der Waals surface area contributed by atoms with Gasteiger partial charge in [0.1, 0.15) is 12.1 Å². The number of carbonyl (C=O) groups is 4. The molecule has 220 valence electrons. The normalized spacial score (nSPS) is 24.0. The van der Waals surface area contributed by atoms with Crippen LogP contribution in [0.1, 0.15) is 79.6 Å². The van der Waals surface area contributed by atoms with Gasteiger partial charge in [-0.25, -0.2) is 4.79 Å². The Labute approximate surface area is 234 Å². The molecule has 3 fully saturated rings. The fourth-order valence-electron chi connectivity index (χ4n) is 5.68. The second-order valence-corrected chi connectivity index (χ2v) is 12.5. The molecule has 3 rings (SSSR count). The zero-order chi connectivity index (χ0) is 28.9. The van der Waals surface area contributed by atoms with Gasteiger partial charge in [0.15, 0.2) is 0 Å². The molecule has 3 amide bonds. The van der Waals surface area contributed by atoms with Crippen LogP contribution in [-0.4, -0.2) is 96.3 Å². The number of piperidine rings is 1. The third-order valence-electron chi connectivity index (χ3n) is 8.48. The summed E-state index contributed by atoms with van der Waals surface area (Å²) in [7, 11) is 3.70. The maximum atomic E-state index is 13.7. The quantitative estimate of drug-likeness (QED) is 0.316. The van der Waals surface area contributed by atoms with Crippen LogP contribution in [0.5, 0.6) is 0 Å². The minimum Gasteiger partial charge on any atom is -0.464 e. The van der Waals surface area contributed by atoms with Gasteiger partial charge in [-0.15, -0.1) is 0 Å². The zero-order valence-electron chi connectivity index (χ0n) is 25.1. The Kier molecular flexibility index (Phi) is 11.0. The average molecular weight is 547 g/mol. The van der Waals surface area contributed by atoms with Crippen LogP contribution >= 0.6 is 0 Å². The van der Waals surface area contributed by atoms with Crippen molar-refractivity contribution in [1.82, 2.24) is 20.0 Å². The van der Waals surface area contributed by atoms with Gasteiger partial charge in [0.25, 0.3) is 0 Å². The Hall–Kier alpha value is -2.42. The number of hydrogen-bond acceptors (Lipinski definition) is 6. The van der Waals surface area contributed by atoms with E-state index in [4.69, 9.17) is 4.74 Å². The highest BCUT2D eigenvalue weighted by molar-refractivity contribution is 5.96. The number of amides is 3. The van der Waals surface area contributed by atoms with Crippen LogP contribution in [0.25, 0.3) is 0 Å². The van der Waals surface area contributed by atoms with Crippen LogP contribution < -0.4 is 5.32 Å². The third-order valence-corrected chi connectivity index (χ3v) is 8.48. The molecule has 39 heavy (non-hydrogen) atoms. The number of likely N-dealkylation sites (N-methyl/N-ethyl adjacent to an activating group) is 2. The van der Waals surface area contributed by atoms with Crippen LogP contribution in [0, 0.1) is 17.8 Å². The van der Waals surface area contributed by atoms with Gasteiger partial charge in [0, 0.05) is 19.2 Å². The molecule has 1 saturated carbocycles. The van der Waals surface area contributed by atoms with Crippen LogP contribution in [-0.2, 0) is 23.9 Å². The molecule has 1 aliphatic carbocycles. The monoisotopic (exact) mass is 546 g/mol. The van der Waals surface area contributed by atoms with Crippen molar-refractivity contribution in [3.05, 3.63) is 11.6 Å². The van der Waals surface area contributed by atoms with Crippen molar-refractivity contribution >= 4 is 23.7 Å². The average Bonchev–Trinajstić information content (AvgIpc) is 3.60. The summed E-state index contributed by atoms with van der Waals surface area (Å²) in [5.74, 6) is -0.362. The van der Waals surface area contributed by atoms with Gasteiger partial charge < -0.3 is 19.9 Å². The van der Waals surface area contributed by atoms with Gasteiger partial charge in [-0.3, -0.25) is 19.3 Å². The Balaban J connectivity index is 1.70. The first-order valence-electron chi connectivity index (χ1n) is 14.9. The molecule has 0 radical (unpaired) electrons. The number of likely N-dealkylation sites (tertiary alicyclic amines) is 2. The van der Waals surface area contributed by atoms with E-state index in [2.05, 4.69) is 10.2 Å². The second-order valence-electron chi connectivity index (χ2n) is 12.5. The molecule has 2 aliphatic heterocycles. The van der Waals surface area contributed by atoms with Crippen LogP contribution in [0.15, 0.2) is 11.6 Å². The van der Waals surface area contributed by atoms with Gasteiger partial charge in [-0.1, -0.05) is 40.2 Å². The lowest BCUT2D eigenvalue weighted by molar-refractivity contribution is -0.152. The summed E-state index contributed by atoms with van der Waals surface area (Å²) < 4.78 is 5.49. The van der Waals surface area contributed by atoms with Crippen LogP contribution in [0.3, 0.4) is 0 Å². The van der Waals surface area contributed by atoms with Crippen LogP contribution in [0.4, 0.5) is 0 Å². The summed E-state index contributed by atoms with van der Waals surface area (Å²) in [4.78, 5) is 58.3. The molecule has 0 aromatic heterocycles. The molecule has 0 unspecified atom stereocenters. The number of nitrogens with zero attached hydrogens (tertiary/aromatic N) is 3. The fourth-order valence-corrected chi connectivity index (χ4v) is 5.68. The SMILES string of the molecule is CC(=C[C@H](C(C)C)N(C)C(=O)[C@@H](NC(=O)[C@H]1CCCCN1C)C(C)C)C(=O)N1CCC[C@H]1C(=O)OCC1CC1. The second kappa shape index (κ2) is 13.8. The highest BCUT2D eigenvalue weighted by atomic mass is 16.5. The number of ether oxygens (including phenoxy) is 1. The van der Waals surface area contributed by atoms with Crippen molar-refractivity contribution in [1.29, 1.82) is 0 Å². The molecule has 9 heteroatoms. The van der Waals surface area contributed by atoms with Gasteiger partial charge in [-0.2, -0.15) is 0 Å². The molecule has 9 nitrogen and oxygen atoms in total. The van der Waals surface area contributed by atoms with Crippen molar-refractivity contribution in [3.63, 3.8) is 0 Å². The zero-order valence-corrected chi connectivity index (χ0v) is 25.1. The minimum atomic E-state index is -0.660. The molecule has 0 bridgehead atoms. The first-order valence-corrected chi connectivity index (χ1v) is 14.9. The highest BCUT2D eigenvalue weighted by Gasteiger charge is 2.38. The summed E-state index contributed by atoms with van der Waals surface area (Å²) in [6.45, 7) is 11.5. The van der Waals surface area contributed by atoms with Crippen molar-refractivity contribution in [2.75, 3.05) is 33.8 Å². The van der Waals surface area contributed by atoms with Gasteiger partial charge in [0.05, 0.1) is 18.7 Å². The Morgan fingerprint density at radius 1 is 0.949 bits per heavy atom. The lowest BCUT2D eigenvalue weighted by atomic mass is 9.96. The molecule has 4 atom stereocenters. The van der Waals surface area contributed by atoms with E-state index in [0.717, 1.165) is 45.1 Å². The summed E-state index contributed by atoms with van der Waals surface area (Å²) >= 11 is 0. The molecule has 2 saturated heterocycles. The number of carbonyl (C=O) groups excluding carboxylic acids is 4. The Bertz CT molecular complexity index is 928. The topological polar surface area (TPSA) is 99.3 Å². The lowest BCUT2D eigenvalue weighted by Gasteiger charge is -2.36. The van der Waals surface area contributed by atoms with Gasteiger partial charge in [-0.05, 0) is 76.8 Å². The predicted molar refractivity (Wildman–Crippen MR) is 151 cm³/mol. The van der Waals surface area contributed by atoms with Crippen molar-refractivity contribution < 1.29 is 23.9 Å². The smallest absolute Gasteiger partial charge is 0.328 e. The van der Waals surface area contributed by atoms with E-state index in [1.165, 1.54) is 0 Å². The fraction of sp³-hybridized carbons (Fsp3) is 0.800. The maximum absolute atomic E-state index is 13.7. The molecular weight excluding hydrogens is 496 g/mol. The molecule has 0 aromatic rings. The maximum Gasteiger partial charge on any atom is 0.328 e. The lowest BCUT2D eigenvalue weighted by Crippen LogP contribution is -2.57. The van der Waals surface area contributed by atoms with Crippen molar-refractivity contribution in [2.45, 2.75) is 104 Å². The minimum absolute atomic E-state index is 0.0348. The molecule has 0 aromatic carbocycles. The summed E-state index contributed by atoms with van der Waals surface area (Å²) in [5.41, 5.74) is 0.504. The summed E-state index contributed by atoms with van der Waals surface area (Å²) in [6, 6.07) is -1.77. The third kappa shape index (κ3) is 8.05. The van der Waals surface area contributed by atoms with E-state index in [-0.39, 0.29) is 47.6 Å². The van der Waals surface area contributed by atoms with E-state index in [9.17, 15) is 19.2 Å². The standard InChI is InChI=1S/C30H50N4O5/c1-19(2)25(17-21(5)28(36)34-16-10-12-24(34)30(38)39-18-22-13-14-22)33(7)29(37)26(20(3)4)31-27(35)23-11-8-9-15-32(23)6/h17,19-20,22-26H,8-16,18H2,1-7H3,(H,31,35)/t23-,24+,25-,26+/m1/s1. The van der Waals surface area contributed by atoms with Gasteiger partial charge >= 0.3 is 5.97 Å².